The quantitative estimate of drug-likeness (QED) is 0.867. The number of halogens is 3. The zero-order valence-electron chi connectivity index (χ0n) is 13.3. The number of alkyl halides is 3. The number of nitrogens with one attached hydrogen (secondary N) is 1. The van der Waals surface area contributed by atoms with Crippen molar-refractivity contribution in [1.29, 1.82) is 0 Å². The highest BCUT2D eigenvalue weighted by atomic mass is 19.4. The summed E-state index contributed by atoms with van der Waals surface area (Å²) in [5, 5.41) is 13.4. The van der Waals surface area contributed by atoms with Crippen molar-refractivity contribution < 1.29 is 23.0 Å². The molecule has 0 radical (unpaired) electrons. The average molecular weight is 333 g/mol. The van der Waals surface area contributed by atoms with E-state index in [0.29, 0.717) is 24.5 Å². The van der Waals surface area contributed by atoms with Crippen molar-refractivity contribution in [2.24, 2.45) is 5.92 Å². The van der Waals surface area contributed by atoms with E-state index in [1.54, 1.807) is 13.0 Å². The molecular weight excluding hydrogens is 311 g/mol. The lowest BCUT2D eigenvalue weighted by molar-refractivity contribution is -0.199. The molecule has 23 heavy (non-hydrogen) atoms. The van der Waals surface area contributed by atoms with Gasteiger partial charge in [0.25, 0.3) is 0 Å². The number of aromatic nitrogens is 2. The molecule has 5 nitrogen and oxygen atoms in total. The summed E-state index contributed by atoms with van der Waals surface area (Å²) in [6.07, 6.45) is -3.75. The highest BCUT2D eigenvalue weighted by Crippen LogP contribution is 2.41. The lowest BCUT2D eigenvalue weighted by Crippen LogP contribution is -2.45. The summed E-state index contributed by atoms with van der Waals surface area (Å²) in [5.74, 6) is -0.481. The van der Waals surface area contributed by atoms with Crippen LogP contribution in [0.2, 0.25) is 0 Å². The molecule has 0 spiro atoms. The van der Waals surface area contributed by atoms with Crippen molar-refractivity contribution in [3.63, 3.8) is 0 Å². The van der Waals surface area contributed by atoms with Crippen LogP contribution in [0.3, 0.4) is 0 Å². The molecule has 0 saturated heterocycles. The number of aliphatic hydroxyl groups is 1. The van der Waals surface area contributed by atoms with Crippen LogP contribution in [-0.4, -0.2) is 40.5 Å². The Hall–Kier alpha value is -1.41. The second-order valence-electron chi connectivity index (χ2n) is 6.16. The highest BCUT2D eigenvalue weighted by molar-refractivity contribution is 5.36. The fraction of sp³-hybridized carbons (Fsp3) is 0.733. The molecule has 0 bridgehead atoms. The summed E-state index contributed by atoms with van der Waals surface area (Å²) in [4.78, 5) is 8.42. The summed E-state index contributed by atoms with van der Waals surface area (Å²) < 4.78 is 43.6. The minimum absolute atomic E-state index is 0.0302. The van der Waals surface area contributed by atoms with Crippen molar-refractivity contribution in [3.05, 3.63) is 17.6 Å². The molecule has 2 unspecified atom stereocenters. The number of anilines is 1. The van der Waals surface area contributed by atoms with Crippen molar-refractivity contribution >= 4 is 5.82 Å². The van der Waals surface area contributed by atoms with Gasteiger partial charge in [-0.2, -0.15) is 13.2 Å². The topological polar surface area (TPSA) is 67.3 Å². The molecular formula is C15H22F3N3O2. The van der Waals surface area contributed by atoms with Gasteiger partial charge in [0.1, 0.15) is 12.4 Å². The van der Waals surface area contributed by atoms with Crippen LogP contribution in [0, 0.1) is 12.8 Å². The summed E-state index contributed by atoms with van der Waals surface area (Å²) in [7, 11) is 1.53. The third-order valence-corrected chi connectivity index (χ3v) is 4.06. The molecule has 1 fully saturated rings. The van der Waals surface area contributed by atoms with Gasteiger partial charge < -0.3 is 15.2 Å². The van der Waals surface area contributed by atoms with Gasteiger partial charge in [0.2, 0.25) is 0 Å². The first-order valence-corrected chi connectivity index (χ1v) is 7.58. The Balaban J connectivity index is 2.02. The lowest BCUT2D eigenvalue weighted by Gasteiger charge is -2.37. The third-order valence-electron chi connectivity index (χ3n) is 4.06. The maximum absolute atomic E-state index is 12.9. The van der Waals surface area contributed by atoms with E-state index in [-0.39, 0.29) is 26.0 Å². The van der Waals surface area contributed by atoms with Crippen LogP contribution in [0.15, 0.2) is 6.07 Å². The number of ether oxygens (including phenoxy) is 1. The number of nitrogens with zero attached hydrogens (tertiary/aromatic N) is 2. The summed E-state index contributed by atoms with van der Waals surface area (Å²) in [6, 6.07) is 1.69. The van der Waals surface area contributed by atoms with Crippen molar-refractivity contribution in [3.8, 4) is 0 Å². The second kappa shape index (κ2) is 7.00. The largest absolute Gasteiger partial charge is 0.391 e. The maximum atomic E-state index is 12.9. The van der Waals surface area contributed by atoms with Crippen LogP contribution >= 0.6 is 0 Å². The number of hydrogen-bond donors (Lipinski definition) is 2. The predicted octanol–water partition coefficient (Wildman–Crippen LogP) is 2.83. The zero-order valence-corrected chi connectivity index (χ0v) is 13.3. The minimum atomic E-state index is -4.26. The van der Waals surface area contributed by atoms with Gasteiger partial charge in [0.15, 0.2) is 5.82 Å². The molecule has 0 amide bonds. The first-order chi connectivity index (χ1) is 10.7. The van der Waals surface area contributed by atoms with Crippen molar-refractivity contribution in [2.45, 2.75) is 51.0 Å². The van der Waals surface area contributed by atoms with Gasteiger partial charge in [-0.15, -0.1) is 0 Å². The van der Waals surface area contributed by atoms with E-state index < -0.39 is 17.7 Å². The molecule has 8 heteroatoms. The van der Waals surface area contributed by atoms with Crippen LogP contribution in [0.25, 0.3) is 0 Å². The van der Waals surface area contributed by atoms with Gasteiger partial charge in [0.05, 0.1) is 11.5 Å². The molecule has 0 aliphatic heterocycles. The van der Waals surface area contributed by atoms with E-state index in [0.717, 1.165) is 5.69 Å². The van der Waals surface area contributed by atoms with Crippen LogP contribution in [-0.2, 0) is 11.3 Å². The predicted molar refractivity (Wildman–Crippen MR) is 78.9 cm³/mol. The molecule has 2 atom stereocenters. The van der Waals surface area contributed by atoms with Crippen LogP contribution < -0.4 is 5.32 Å². The normalized spacial score (nSPS) is 25.4. The van der Waals surface area contributed by atoms with E-state index in [1.807, 2.05) is 0 Å². The minimum Gasteiger partial charge on any atom is -0.388 e. The first-order valence-electron chi connectivity index (χ1n) is 7.58. The van der Waals surface area contributed by atoms with Crippen molar-refractivity contribution in [2.75, 3.05) is 19.0 Å². The van der Waals surface area contributed by atoms with Gasteiger partial charge in [-0.1, -0.05) is 0 Å². The van der Waals surface area contributed by atoms with Crippen LogP contribution in [0.5, 0.6) is 0 Å². The molecule has 2 N–H and O–H groups in total. The first kappa shape index (κ1) is 17.9. The smallest absolute Gasteiger partial charge is 0.388 e. The molecule has 1 aromatic rings. The van der Waals surface area contributed by atoms with Gasteiger partial charge in [-0.25, -0.2) is 9.97 Å². The van der Waals surface area contributed by atoms with E-state index in [2.05, 4.69) is 15.3 Å². The standard InChI is InChI=1S/C15H22F3N3O2/c1-10-6-12(21-13(20-10)8-23-2)19-9-14(22)5-3-4-11(7-14)15(16,17)18/h6,11,22H,3-5,7-9H2,1-2H3,(H,19,20,21). The Morgan fingerprint density at radius 3 is 2.83 bits per heavy atom. The molecule has 1 aliphatic carbocycles. The summed E-state index contributed by atoms with van der Waals surface area (Å²) >= 11 is 0. The van der Waals surface area contributed by atoms with E-state index in [1.165, 1.54) is 7.11 Å². The molecule has 2 rings (SSSR count). The fourth-order valence-corrected chi connectivity index (χ4v) is 2.95. The monoisotopic (exact) mass is 333 g/mol. The van der Waals surface area contributed by atoms with Gasteiger partial charge in [-0.05, 0) is 32.6 Å². The van der Waals surface area contributed by atoms with E-state index in [9.17, 15) is 18.3 Å². The van der Waals surface area contributed by atoms with Gasteiger partial charge in [-0.3, -0.25) is 0 Å². The average Bonchev–Trinajstić information content (AvgIpc) is 2.44. The molecule has 1 heterocycles. The molecule has 1 saturated carbocycles. The zero-order chi connectivity index (χ0) is 17.1. The number of hydrogen-bond acceptors (Lipinski definition) is 5. The number of rotatable bonds is 5. The summed E-state index contributed by atoms with van der Waals surface area (Å²) in [5.41, 5.74) is -0.656. The Kier molecular flexibility index (Phi) is 5.46. The van der Waals surface area contributed by atoms with E-state index >= 15 is 0 Å². The van der Waals surface area contributed by atoms with E-state index in [4.69, 9.17) is 4.74 Å². The Morgan fingerprint density at radius 2 is 2.17 bits per heavy atom. The van der Waals surface area contributed by atoms with Crippen LogP contribution in [0.1, 0.15) is 37.2 Å². The number of aryl methyl sites for hydroxylation is 1. The Bertz CT molecular complexity index is 539. The van der Waals surface area contributed by atoms with Gasteiger partial charge in [0, 0.05) is 25.4 Å². The third kappa shape index (κ3) is 5.04. The molecule has 1 aliphatic rings. The Labute approximate surface area is 133 Å². The Morgan fingerprint density at radius 1 is 1.43 bits per heavy atom. The molecule has 130 valence electrons. The second-order valence-corrected chi connectivity index (χ2v) is 6.16. The molecule has 1 aromatic heterocycles. The fourth-order valence-electron chi connectivity index (χ4n) is 2.95. The van der Waals surface area contributed by atoms with Crippen molar-refractivity contribution in [1.82, 2.24) is 9.97 Å². The van der Waals surface area contributed by atoms with Crippen LogP contribution in [0.4, 0.5) is 19.0 Å². The maximum Gasteiger partial charge on any atom is 0.391 e. The lowest BCUT2D eigenvalue weighted by atomic mass is 9.77. The molecule has 0 aromatic carbocycles. The SMILES string of the molecule is COCc1nc(C)cc(NCC2(O)CCCC(C(F)(F)F)C2)n1. The highest BCUT2D eigenvalue weighted by Gasteiger charge is 2.46. The van der Waals surface area contributed by atoms with Gasteiger partial charge >= 0.3 is 6.18 Å². The summed E-state index contributed by atoms with van der Waals surface area (Å²) in [6.45, 7) is 2.07. The number of methoxy groups -OCH3 is 1.